The molecule has 0 radical (unpaired) electrons. The molecule has 0 amide bonds. The smallest absolute Gasteiger partial charge is 0.160 e. The Hall–Kier alpha value is -1.11. The molecular formula is C11H14O. The summed E-state index contributed by atoms with van der Waals surface area (Å²) in [5.41, 5.74) is 4.26. The number of aryl methyl sites for hydroxylation is 2. The van der Waals surface area contributed by atoms with E-state index in [0.29, 0.717) is 0 Å². The summed E-state index contributed by atoms with van der Waals surface area (Å²) in [5.74, 6) is 0.161. The number of benzene rings is 1. The lowest BCUT2D eigenvalue weighted by molar-refractivity contribution is 0.101. The maximum atomic E-state index is 11.2. The number of hydrogen-bond donors (Lipinski definition) is 0. The molecule has 12 heavy (non-hydrogen) atoms. The summed E-state index contributed by atoms with van der Waals surface area (Å²) in [6.07, 6.45) is 0. The summed E-state index contributed by atoms with van der Waals surface area (Å²) >= 11 is 0. The van der Waals surface area contributed by atoms with Crippen LogP contribution >= 0.6 is 0 Å². The standard InChI is InChI=1S/C11H14O/c1-7-5-6-8(2)11(9(7)3)10(4)12/h5-6H,1-4H3. The van der Waals surface area contributed by atoms with Crippen LogP contribution in [0.2, 0.25) is 0 Å². The highest BCUT2D eigenvalue weighted by molar-refractivity contribution is 5.97. The molecule has 0 N–H and O–H groups in total. The van der Waals surface area contributed by atoms with E-state index in [0.717, 1.165) is 16.7 Å². The second kappa shape index (κ2) is 3.10. The zero-order valence-electron chi connectivity index (χ0n) is 8.06. The molecular weight excluding hydrogens is 148 g/mol. The Morgan fingerprint density at radius 1 is 1.08 bits per heavy atom. The first-order valence-electron chi connectivity index (χ1n) is 4.11. The van der Waals surface area contributed by atoms with Crippen LogP contribution in [0, 0.1) is 20.8 Å². The molecule has 0 aromatic heterocycles. The van der Waals surface area contributed by atoms with E-state index in [1.54, 1.807) is 6.92 Å². The van der Waals surface area contributed by atoms with Crippen molar-refractivity contribution in [3.05, 3.63) is 34.4 Å². The van der Waals surface area contributed by atoms with Crippen LogP contribution in [0.3, 0.4) is 0 Å². The van der Waals surface area contributed by atoms with Crippen LogP contribution in [0.1, 0.15) is 34.0 Å². The van der Waals surface area contributed by atoms with Gasteiger partial charge in [0.1, 0.15) is 0 Å². The average Bonchev–Trinajstić information content (AvgIpc) is 1.97. The highest BCUT2D eigenvalue weighted by atomic mass is 16.1. The van der Waals surface area contributed by atoms with Crippen molar-refractivity contribution in [2.75, 3.05) is 0 Å². The second-order valence-corrected chi connectivity index (χ2v) is 3.26. The number of carbonyl (C=O) groups is 1. The third kappa shape index (κ3) is 1.40. The zero-order valence-corrected chi connectivity index (χ0v) is 8.06. The van der Waals surface area contributed by atoms with Crippen LogP contribution in [0.4, 0.5) is 0 Å². The van der Waals surface area contributed by atoms with Crippen LogP contribution in [0.25, 0.3) is 0 Å². The topological polar surface area (TPSA) is 17.1 Å². The number of hydrogen-bond acceptors (Lipinski definition) is 1. The van der Waals surface area contributed by atoms with Gasteiger partial charge in [0.15, 0.2) is 5.78 Å². The van der Waals surface area contributed by atoms with Gasteiger partial charge in [-0.3, -0.25) is 4.79 Å². The number of carbonyl (C=O) groups excluding carboxylic acids is 1. The fraction of sp³-hybridized carbons (Fsp3) is 0.364. The molecule has 1 aromatic carbocycles. The normalized spacial score (nSPS) is 10.0. The van der Waals surface area contributed by atoms with Gasteiger partial charge in [-0.05, 0) is 44.4 Å². The van der Waals surface area contributed by atoms with E-state index in [-0.39, 0.29) is 5.78 Å². The predicted molar refractivity (Wildman–Crippen MR) is 50.7 cm³/mol. The summed E-state index contributed by atoms with van der Waals surface area (Å²) in [6, 6.07) is 4.05. The number of rotatable bonds is 1. The van der Waals surface area contributed by atoms with Gasteiger partial charge in [0.2, 0.25) is 0 Å². The molecule has 0 spiro atoms. The highest BCUT2D eigenvalue weighted by Gasteiger charge is 2.08. The fourth-order valence-corrected chi connectivity index (χ4v) is 1.49. The van der Waals surface area contributed by atoms with Crippen LogP contribution in [-0.4, -0.2) is 5.78 Å². The SMILES string of the molecule is CC(=O)c1c(C)ccc(C)c1C. The quantitative estimate of drug-likeness (QED) is 0.580. The van der Waals surface area contributed by atoms with Gasteiger partial charge in [0, 0.05) is 5.56 Å². The lowest BCUT2D eigenvalue weighted by Gasteiger charge is -2.08. The van der Waals surface area contributed by atoms with Gasteiger partial charge in [-0.15, -0.1) is 0 Å². The minimum absolute atomic E-state index is 0.161. The molecule has 0 aliphatic carbocycles. The summed E-state index contributed by atoms with van der Waals surface area (Å²) in [6.45, 7) is 7.62. The molecule has 0 saturated carbocycles. The van der Waals surface area contributed by atoms with Crippen molar-refractivity contribution in [1.29, 1.82) is 0 Å². The van der Waals surface area contributed by atoms with Gasteiger partial charge >= 0.3 is 0 Å². The second-order valence-electron chi connectivity index (χ2n) is 3.26. The summed E-state index contributed by atoms with van der Waals surface area (Å²) in [7, 11) is 0. The molecule has 0 fully saturated rings. The van der Waals surface area contributed by atoms with E-state index in [1.165, 1.54) is 5.56 Å². The third-order valence-electron chi connectivity index (χ3n) is 2.30. The van der Waals surface area contributed by atoms with Crippen molar-refractivity contribution in [3.8, 4) is 0 Å². The maximum absolute atomic E-state index is 11.2. The molecule has 0 saturated heterocycles. The van der Waals surface area contributed by atoms with Crippen molar-refractivity contribution >= 4 is 5.78 Å². The highest BCUT2D eigenvalue weighted by Crippen LogP contribution is 2.17. The Labute approximate surface area is 73.4 Å². The summed E-state index contributed by atoms with van der Waals surface area (Å²) in [4.78, 5) is 11.2. The Kier molecular flexibility index (Phi) is 2.32. The maximum Gasteiger partial charge on any atom is 0.160 e. The predicted octanol–water partition coefficient (Wildman–Crippen LogP) is 2.81. The molecule has 1 nitrogen and oxygen atoms in total. The summed E-state index contributed by atoms with van der Waals surface area (Å²) < 4.78 is 0. The van der Waals surface area contributed by atoms with Gasteiger partial charge in [0.25, 0.3) is 0 Å². The first-order chi connectivity index (χ1) is 5.54. The fourth-order valence-electron chi connectivity index (χ4n) is 1.49. The third-order valence-corrected chi connectivity index (χ3v) is 2.30. The van der Waals surface area contributed by atoms with E-state index < -0.39 is 0 Å². The van der Waals surface area contributed by atoms with E-state index in [2.05, 4.69) is 6.07 Å². The monoisotopic (exact) mass is 162 g/mol. The number of ketones is 1. The van der Waals surface area contributed by atoms with Crippen LogP contribution in [0.5, 0.6) is 0 Å². The lowest BCUT2D eigenvalue weighted by atomic mass is 9.96. The minimum atomic E-state index is 0.161. The van der Waals surface area contributed by atoms with Gasteiger partial charge in [-0.1, -0.05) is 12.1 Å². The van der Waals surface area contributed by atoms with Gasteiger partial charge in [0.05, 0.1) is 0 Å². The molecule has 0 atom stereocenters. The minimum Gasteiger partial charge on any atom is -0.294 e. The zero-order chi connectivity index (χ0) is 9.30. The largest absolute Gasteiger partial charge is 0.294 e. The first-order valence-corrected chi connectivity index (χ1v) is 4.11. The van der Waals surface area contributed by atoms with Crippen molar-refractivity contribution in [2.24, 2.45) is 0 Å². The molecule has 1 heteroatoms. The first kappa shape index (κ1) is 8.98. The lowest BCUT2D eigenvalue weighted by Crippen LogP contribution is -2.01. The molecule has 0 aliphatic rings. The summed E-state index contributed by atoms with van der Waals surface area (Å²) in [5, 5.41) is 0. The Balaban J connectivity index is 3.43. The van der Waals surface area contributed by atoms with Crippen molar-refractivity contribution in [3.63, 3.8) is 0 Å². The van der Waals surface area contributed by atoms with Crippen molar-refractivity contribution in [2.45, 2.75) is 27.7 Å². The van der Waals surface area contributed by atoms with Crippen LogP contribution < -0.4 is 0 Å². The Bertz CT molecular complexity index is 324. The van der Waals surface area contributed by atoms with E-state index >= 15 is 0 Å². The van der Waals surface area contributed by atoms with Crippen LogP contribution in [-0.2, 0) is 0 Å². The molecule has 1 rings (SSSR count). The molecule has 0 unspecified atom stereocenters. The molecule has 0 heterocycles. The van der Waals surface area contributed by atoms with E-state index in [4.69, 9.17) is 0 Å². The van der Waals surface area contributed by atoms with Gasteiger partial charge in [-0.2, -0.15) is 0 Å². The molecule has 1 aromatic rings. The Morgan fingerprint density at radius 2 is 1.58 bits per heavy atom. The van der Waals surface area contributed by atoms with Crippen molar-refractivity contribution in [1.82, 2.24) is 0 Å². The van der Waals surface area contributed by atoms with E-state index in [1.807, 2.05) is 26.8 Å². The Morgan fingerprint density at radius 3 is 2.00 bits per heavy atom. The van der Waals surface area contributed by atoms with Crippen molar-refractivity contribution < 1.29 is 4.79 Å². The molecule has 0 bridgehead atoms. The van der Waals surface area contributed by atoms with E-state index in [9.17, 15) is 4.79 Å². The number of Topliss-reactive ketones (excluding diaryl/α,β-unsaturated/α-hetero) is 1. The molecule has 0 aliphatic heterocycles. The average molecular weight is 162 g/mol. The van der Waals surface area contributed by atoms with Gasteiger partial charge < -0.3 is 0 Å². The molecule has 64 valence electrons. The van der Waals surface area contributed by atoms with Crippen LogP contribution in [0.15, 0.2) is 12.1 Å². The van der Waals surface area contributed by atoms with Gasteiger partial charge in [-0.25, -0.2) is 0 Å².